The summed E-state index contributed by atoms with van der Waals surface area (Å²) in [7, 11) is 0. The van der Waals surface area contributed by atoms with E-state index in [0.717, 1.165) is 13.0 Å². The van der Waals surface area contributed by atoms with E-state index < -0.39 is 0 Å². The van der Waals surface area contributed by atoms with E-state index in [0.29, 0.717) is 0 Å². The van der Waals surface area contributed by atoms with Crippen LogP contribution in [0.3, 0.4) is 0 Å². The zero-order valence-corrected chi connectivity index (χ0v) is 31.7. The maximum atomic E-state index is 6.61. The van der Waals surface area contributed by atoms with Crippen molar-refractivity contribution < 1.29 is 0 Å². The molecule has 4 aromatic heterocycles. The molecule has 0 bridgehead atoms. The topological polar surface area (TPSA) is 38.0 Å². The van der Waals surface area contributed by atoms with E-state index in [-0.39, 0.29) is 6.04 Å². The van der Waals surface area contributed by atoms with E-state index in [1.54, 1.807) is 0 Å². The quantitative estimate of drug-likeness (QED) is 0.0924. The molecule has 0 saturated carbocycles. The third-order valence-corrected chi connectivity index (χ3v) is 14.3. The maximum absolute atomic E-state index is 6.61. The van der Waals surface area contributed by atoms with Gasteiger partial charge in [-0.2, -0.15) is 0 Å². The summed E-state index contributed by atoms with van der Waals surface area (Å²) in [5.41, 5.74) is 9.22. The Balaban J connectivity index is 1.06. The Hall–Kier alpha value is -2.74. The Morgan fingerprint density at radius 1 is 0.521 bits per heavy atom. The summed E-state index contributed by atoms with van der Waals surface area (Å²) in [6, 6.07) is 28.2. The summed E-state index contributed by atoms with van der Waals surface area (Å²) in [5, 5.41) is 10.4. The van der Waals surface area contributed by atoms with Crippen molar-refractivity contribution in [2.75, 3.05) is 11.9 Å². The minimum atomic E-state index is 0.150. The molecule has 0 radical (unpaired) electrons. The summed E-state index contributed by atoms with van der Waals surface area (Å²) >= 11 is 7.59. The molecule has 3 aromatic carbocycles. The van der Waals surface area contributed by atoms with Gasteiger partial charge in [0.15, 0.2) is 0 Å². The number of thiophene rings is 4. The molecule has 48 heavy (non-hydrogen) atoms. The number of rotatable bonds is 17. The molecule has 6 heteroatoms. The lowest BCUT2D eigenvalue weighted by atomic mass is 10.1. The number of anilines is 1. The Bertz CT molecular complexity index is 2110. The molecule has 250 valence electrons. The standard InChI is InChI=1S/C42H48N2S4/c1-3-5-7-9-11-13-23-44-42-22-21-36(48-42)29-16-18-31-33-27-40-32(26-41(33)47-39(31)25-29)30-17-15-28(24-38(30)46-40)35-19-20-37(45-35)34(43)14-12-10-8-6-4-2/h15-22,24-27,34,44H,3-14,23,43H2,1-2H3. The second kappa shape index (κ2) is 15.9. The van der Waals surface area contributed by atoms with E-state index in [1.807, 2.05) is 45.3 Å². The molecule has 0 amide bonds. The molecule has 7 aromatic rings. The van der Waals surface area contributed by atoms with Crippen molar-refractivity contribution in [3.63, 3.8) is 0 Å². The molecular formula is C42H48N2S4. The highest BCUT2D eigenvalue weighted by Gasteiger charge is 2.15. The fourth-order valence-electron chi connectivity index (χ4n) is 6.87. The first kappa shape index (κ1) is 33.7. The first-order chi connectivity index (χ1) is 23.6. The van der Waals surface area contributed by atoms with Gasteiger partial charge in [0.2, 0.25) is 0 Å². The first-order valence-corrected chi connectivity index (χ1v) is 21.4. The molecule has 7 rings (SSSR count). The number of unbranched alkanes of at least 4 members (excludes halogenated alkanes) is 9. The molecule has 0 aliphatic rings. The lowest BCUT2D eigenvalue weighted by Crippen LogP contribution is -2.08. The molecule has 3 N–H and O–H groups in total. The number of hydrogen-bond acceptors (Lipinski definition) is 6. The van der Waals surface area contributed by atoms with Crippen molar-refractivity contribution in [1.82, 2.24) is 0 Å². The van der Waals surface area contributed by atoms with Crippen LogP contribution < -0.4 is 11.1 Å². The number of nitrogens with two attached hydrogens (primary N) is 1. The van der Waals surface area contributed by atoms with Crippen molar-refractivity contribution in [3.8, 4) is 20.9 Å². The highest BCUT2D eigenvalue weighted by atomic mass is 32.1. The van der Waals surface area contributed by atoms with E-state index >= 15 is 0 Å². The number of benzene rings is 3. The number of nitrogens with one attached hydrogen (secondary N) is 1. The summed E-state index contributed by atoms with van der Waals surface area (Å²) in [5.74, 6) is 0. The third kappa shape index (κ3) is 7.53. The van der Waals surface area contributed by atoms with Gasteiger partial charge in [-0.15, -0.1) is 45.3 Å². The molecule has 0 saturated heterocycles. The second-order valence-electron chi connectivity index (χ2n) is 13.3. The minimum Gasteiger partial charge on any atom is -0.377 e. The molecule has 0 aliphatic carbocycles. The van der Waals surface area contributed by atoms with Crippen LogP contribution in [0.15, 0.2) is 72.8 Å². The fraction of sp³-hybridized carbons (Fsp3) is 0.381. The Labute approximate surface area is 302 Å². The summed E-state index contributed by atoms with van der Waals surface area (Å²) in [6.45, 7) is 5.62. The van der Waals surface area contributed by atoms with Crippen molar-refractivity contribution in [2.45, 2.75) is 96.9 Å². The van der Waals surface area contributed by atoms with Crippen LogP contribution in [-0.2, 0) is 0 Å². The lowest BCUT2D eigenvalue weighted by molar-refractivity contribution is 0.559. The fourth-order valence-corrected chi connectivity index (χ4v) is 11.2. The average molecular weight is 709 g/mol. The lowest BCUT2D eigenvalue weighted by Gasteiger charge is -2.09. The minimum absolute atomic E-state index is 0.150. The van der Waals surface area contributed by atoms with Crippen molar-refractivity contribution in [1.29, 1.82) is 0 Å². The third-order valence-electron chi connectivity index (χ3n) is 9.68. The molecule has 1 unspecified atom stereocenters. The monoisotopic (exact) mass is 708 g/mol. The van der Waals surface area contributed by atoms with Gasteiger partial charge in [-0.3, -0.25) is 0 Å². The molecule has 4 heterocycles. The molecule has 2 nitrogen and oxygen atoms in total. The van der Waals surface area contributed by atoms with Crippen LogP contribution in [0.2, 0.25) is 0 Å². The summed E-state index contributed by atoms with van der Waals surface area (Å²) in [6.07, 6.45) is 15.6. The van der Waals surface area contributed by atoms with Gasteiger partial charge in [0.05, 0.1) is 5.00 Å². The largest absolute Gasteiger partial charge is 0.377 e. The van der Waals surface area contributed by atoms with Gasteiger partial charge in [-0.05, 0) is 72.5 Å². The SMILES string of the molecule is CCCCCCCCNc1ccc(-c2ccc3c(c2)sc2cc4c(cc23)sc2cc(-c3ccc(C(N)CCCCCCC)s3)ccc24)s1. The van der Waals surface area contributed by atoms with E-state index in [9.17, 15) is 0 Å². The molecule has 0 fully saturated rings. The second-order valence-corrected chi connectivity index (χ2v) is 17.7. The highest BCUT2D eigenvalue weighted by molar-refractivity contribution is 7.27. The highest BCUT2D eigenvalue weighted by Crippen LogP contribution is 2.44. The zero-order chi connectivity index (χ0) is 32.9. The van der Waals surface area contributed by atoms with Gasteiger partial charge in [0.25, 0.3) is 0 Å². The van der Waals surface area contributed by atoms with Crippen LogP contribution >= 0.6 is 45.3 Å². The Kier molecular flexibility index (Phi) is 11.2. The smallest absolute Gasteiger partial charge is 0.0888 e. The summed E-state index contributed by atoms with van der Waals surface area (Å²) < 4.78 is 5.47. The number of fused-ring (bicyclic) bond motifs is 6. The van der Waals surface area contributed by atoms with Gasteiger partial charge < -0.3 is 11.1 Å². The molecule has 0 spiro atoms. The van der Waals surface area contributed by atoms with Gasteiger partial charge in [-0.25, -0.2) is 0 Å². The van der Waals surface area contributed by atoms with Crippen LogP contribution in [0.25, 0.3) is 61.2 Å². The normalized spacial score (nSPS) is 12.6. The van der Waals surface area contributed by atoms with Crippen LogP contribution in [0, 0.1) is 0 Å². The van der Waals surface area contributed by atoms with Crippen LogP contribution in [0.5, 0.6) is 0 Å². The van der Waals surface area contributed by atoms with Crippen LogP contribution in [0.4, 0.5) is 5.00 Å². The van der Waals surface area contributed by atoms with E-state index in [1.165, 1.54) is 142 Å². The predicted molar refractivity (Wildman–Crippen MR) is 221 cm³/mol. The number of hydrogen-bond donors (Lipinski definition) is 2. The first-order valence-electron chi connectivity index (χ1n) is 18.1. The van der Waals surface area contributed by atoms with Crippen molar-refractivity contribution >= 4 is 90.7 Å². The Morgan fingerprint density at radius 2 is 1.06 bits per heavy atom. The van der Waals surface area contributed by atoms with Gasteiger partial charge in [0.1, 0.15) is 0 Å². The van der Waals surface area contributed by atoms with Crippen molar-refractivity contribution in [2.24, 2.45) is 5.73 Å². The zero-order valence-electron chi connectivity index (χ0n) is 28.4. The summed E-state index contributed by atoms with van der Waals surface area (Å²) in [4.78, 5) is 3.97. The van der Waals surface area contributed by atoms with Gasteiger partial charge in [0, 0.05) is 67.6 Å². The van der Waals surface area contributed by atoms with Crippen LogP contribution in [0.1, 0.15) is 102 Å². The van der Waals surface area contributed by atoms with E-state index in [4.69, 9.17) is 5.73 Å². The average Bonchev–Trinajstić information content (AvgIpc) is 3.91. The molecule has 1 atom stereocenters. The predicted octanol–water partition coefficient (Wildman–Crippen LogP) is 15.0. The van der Waals surface area contributed by atoms with Gasteiger partial charge >= 0.3 is 0 Å². The van der Waals surface area contributed by atoms with Gasteiger partial charge in [-0.1, -0.05) is 102 Å². The van der Waals surface area contributed by atoms with Crippen molar-refractivity contribution in [3.05, 3.63) is 77.7 Å². The van der Waals surface area contributed by atoms with Crippen LogP contribution in [-0.4, -0.2) is 6.54 Å². The Morgan fingerprint density at radius 3 is 1.71 bits per heavy atom. The molecule has 0 aliphatic heterocycles. The van der Waals surface area contributed by atoms with E-state index in [2.05, 4.69) is 92.0 Å². The molecular weight excluding hydrogens is 661 g/mol. The maximum Gasteiger partial charge on any atom is 0.0888 e.